The Hall–Kier alpha value is -2.91. The Morgan fingerprint density at radius 2 is 1.95 bits per heavy atom. The number of nitrogens with zero attached hydrogens (tertiary/aromatic N) is 5. The van der Waals surface area contributed by atoms with E-state index in [1.807, 2.05) is 0 Å². The van der Waals surface area contributed by atoms with Gasteiger partial charge in [0, 0.05) is 21.9 Å². The Balaban J connectivity index is 1.49. The number of anilines is 1. The summed E-state index contributed by atoms with van der Waals surface area (Å²) in [5.74, 6) is 6.48. The molecule has 0 spiro atoms. The molecule has 0 unspecified atom stereocenters. The van der Waals surface area contributed by atoms with Gasteiger partial charge in [0.15, 0.2) is 11.6 Å². The van der Waals surface area contributed by atoms with Gasteiger partial charge in [-0.05, 0) is 73.3 Å². The predicted octanol–water partition coefficient (Wildman–Crippen LogP) is 4.28. The van der Waals surface area contributed by atoms with Gasteiger partial charge >= 0.3 is 0 Å². The van der Waals surface area contributed by atoms with E-state index in [4.69, 9.17) is 41.3 Å². The van der Waals surface area contributed by atoms with Crippen LogP contribution >= 0.6 is 58.5 Å². The fourth-order valence-corrected chi connectivity index (χ4v) is 6.70. The van der Waals surface area contributed by atoms with Crippen molar-refractivity contribution in [1.29, 1.82) is 0 Å². The molecule has 2 amide bonds. The largest absolute Gasteiger partial charge is 0.335 e. The smallest absolute Gasteiger partial charge is 0.270 e. The lowest BCUT2D eigenvalue weighted by Crippen LogP contribution is -2.26. The number of hydrogen-bond acceptors (Lipinski definition) is 9. The number of rotatable bonds is 9. The van der Waals surface area contributed by atoms with Gasteiger partial charge in [0.1, 0.15) is 5.88 Å². The van der Waals surface area contributed by atoms with E-state index >= 15 is 0 Å². The van der Waals surface area contributed by atoms with Crippen LogP contribution < -0.4 is 16.6 Å². The van der Waals surface area contributed by atoms with Gasteiger partial charge in [-0.15, -0.1) is 33.1 Å². The van der Waals surface area contributed by atoms with Gasteiger partial charge in [0.05, 0.1) is 10.8 Å². The molecular formula is C23H23Cl2N9O2S3. The zero-order valence-corrected chi connectivity index (χ0v) is 24.3. The molecule has 1 aromatic carbocycles. The van der Waals surface area contributed by atoms with Crippen LogP contribution in [0.3, 0.4) is 0 Å². The highest BCUT2D eigenvalue weighted by Crippen LogP contribution is 2.39. The number of carbonyl (C=O) groups excluding carboxylic acids is 2. The van der Waals surface area contributed by atoms with Gasteiger partial charge in [-0.25, -0.2) is 9.35 Å². The summed E-state index contributed by atoms with van der Waals surface area (Å²) in [6, 6.07) is 6.56. The van der Waals surface area contributed by atoms with Crippen molar-refractivity contribution in [3.8, 4) is 0 Å². The normalized spacial score (nSPS) is 12.8. The predicted molar refractivity (Wildman–Crippen MR) is 155 cm³/mol. The van der Waals surface area contributed by atoms with E-state index in [1.54, 1.807) is 40.3 Å². The molecule has 0 radical (unpaired) electrons. The molecule has 0 aliphatic heterocycles. The Morgan fingerprint density at radius 3 is 2.67 bits per heavy atom. The number of thioether (sulfide) groups is 1. The first-order valence-corrected chi connectivity index (χ1v) is 15.0. The lowest BCUT2D eigenvalue weighted by molar-refractivity contribution is -0.113. The average molecular weight is 625 g/mol. The minimum Gasteiger partial charge on any atom is -0.335 e. The molecule has 11 nitrogen and oxygen atoms in total. The van der Waals surface area contributed by atoms with Crippen LogP contribution in [0.5, 0.6) is 0 Å². The van der Waals surface area contributed by atoms with E-state index in [0.29, 0.717) is 39.6 Å². The Kier molecular flexibility index (Phi) is 8.57. The van der Waals surface area contributed by atoms with E-state index in [2.05, 4.69) is 31.1 Å². The molecule has 1 aliphatic rings. The molecule has 0 fully saturated rings. The van der Waals surface area contributed by atoms with Crippen LogP contribution in [0.25, 0.3) is 0 Å². The highest BCUT2D eigenvalue weighted by atomic mass is 35.5. The second kappa shape index (κ2) is 12.1. The number of nitrogen functional groups attached to an aromatic ring is 1. The summed E-state index contributed by atoms with van der Waals surface area (Å²) in [7, 11) is 0. The molecule has 3 heterocycles. The fourth-order valence-electron chi connectivity index (χ4n) is 4.19. The van der Waals surface area contributed by atoms with E-state index < -0.39 is 0 Å². The number of aromatic amines is 1. The summed E-state index contributed by atoms with van der Waals surface area (Å²) in [6.45, 7) is 0. The van der Waals surface area contributed by atoms with Crippen LogP contribution in [-0.2, 0) is 29.8 Å². The van der Waals surface area contributed by atoms with Gasteiger partial charge in [0.25, 0.3) is 5.91 Å². The maximum absolute atomic E-state index is 13.2. The lowest BCUT2D eigenvalue weighted by Gasteiger charge is -2.15. The Labute approximate surface area is 246 Å². The molecule has 5 rings (SSSR count). The number of H-pyrrole nitrogens is 1. The van der Waals surface area contributed by atoms with Crippen LogP contribution in [0.15, 0.2) is 29.4 Å². The molecule has 0 saturated heterocycles. The monoisotopic (exact) mass is 623 g/mol. The number of amides is 2. The highest BCUT2D eigenvalue weighted by Gasteiger charge is 2.25. The minimum atomic E-state index is -0.362. The van der Waals surface area contributed by atoms with Crippen molar-refractivity contribution < 1.29 is 9.59 Å². The van der Waals surface area contributed by atoms with Gasteiger partial charge < -0.3 is 11.2 Å². The third kappa shape index (κ3) is 6.14. The van der Waals surface area contributed by atoms with Crippen molar-refractivity contribution in [2.45, 2.75) is 43.0 Å². The quantitative estimate of drug-likeness (QED) is 0.0934. The summed E-state index contributed by atoms with van der Waals surface area (Å²) in [5, 5.41) is 20.2. The van der Waals surface area contributed by atoms with E-state index in [1.165, 1.54) is 26.9 Å². The van der Waals surface area contributed by atoms with Gasteiger partial charge in [-0.1, -0.05) is 23.4 Å². The van der Waals surface area contributed by atoms with Crippen molar-refractivity contribution in [3.63, 3.8) is 0 Å². The number of aromatic nitrogens is 6. The van der Waals surface area contributed by atoms with E-state index in [9.17, 15) is 9.59 Å². The molecule has 0 saturated carbocycles. The molecule has 39 heavy (non-hydrogen) atoms. The first-order chi connectivity index (χ1) is 18.8. The number of hydrogen-bond donors (Lipinski definition) is 4. The summed E-state index contributed by atoms with van der Waals surface area (Å²) in [5.41, 5.74) is 5.50. The number of halogens is 2. The topological polar surface area (TPSA) is 149 Å². The molecule has 204 valence electrons. The number of benzene rings is 1. The summed E-state index contributed by atoms with van der Waals surface area (Å²) < 4.78 is 3.13. The SMILES string of the molecule is Nn1c(CSc2nnc(Cc3c(NC(=O)CCl)sc4c3CCCC4)n2NC(=O)c2ccc(Cl)cc2)n[nH]c1=S. The first kappa shape index (κ1) is 27.6. The van der Waals surface area contributed by atoms with Crippen molar-refractivity contribution in [2.75, 3.05) is 22.5 Å². The van der Waals surface area contributed by atoms with Crippen LogP contribution in [0.1, 0.15) is 50.9 Å². The standard InChI is InChI=1S/C23H23Cl2N9O2S3/c24-10-19(35)27-21-15(14-3-1-2-4-16(14)39-21)9-17-28-31-23(38-11-18-29-30-22(37)33(18)26)34(17)32-20(36)12-5-7-13(25)8-6-12/h5-8H,1-4,9-11,26H2,(H,27,35)(H,30,37)(H,32,36). The Morgan fingerprint density at radius 1 is 1.18 bits per heavy atom. The van der Waals surface area contributed by atoms with Crippen molar-refractivity contribution >= 4 is 75.3 Å². The first-order valence-electron chi connectivity index (χ1n) is 11.9. The number of nitrogens with one attached hydrogen (secondary N) is 3. The summed E-state index contributed by atoms with van der Waals surface area (Å²) in [6.07, 6.45) is 4.37. The summed E-state index contributed by atoms with van der Waals surface area (Å²) in [4.78, 5) is 26.6. The molecular weight excluding hydrogens is 601 g/mol. The molecule has 3 aromatic heterocycles. The van der Waals surface area contributed by atoms with Crippen molar-refractivity contribution in [2.24, 2.45) is 0 Å². The summed E-state index contributed by atoms with van der Waals surface area (Å²) >= 11 is 19.7. The number of fused-ring (bicyclic) bond motifs is 1. The molecule has 0 atom stereocenters. The van der Waals surface area contributed by atoms with Gasteiger partial charge in [-0.2, -0.15) is 5.10 Å². The maximum Gasteiger partial charge on any atom is 0.270 e. The molecule has 16 heteroatoms. The minimum absolute atomic E-state index is 0.142. The molecule has 5 N–H and O–H groups in total. The van der Waals surface area contributed by atoms with Crippen molar-refractivity contribution in [1.82, 2.24) is 29.7 Å². The zero-order valence-electron chi connectivity index (χ0n) is 20.4. The van der Waals surface area contributed by atoms with Crippen molar-refractivity contribution in [3.05, 3.63) is 67.3 Å². The van der Waals surface area contributed by atoms with Crippen LogP contribution in [0, 0.1) is 4.77 Å². The second-order valence-corrected chi connectivity index (χ2v) is 11.8. The second-order valence-electron chi connectivity index (χ2n) is 8.66. The maximum atomic E-state index is 13.2. The number of alkyl halides is 1. The third-order valence-corrected chi connectivity index (χ3v) is 9.08. The lowest BCUT2D eigenvalue weighted by atomic mass is 9.94. The molecule has 1 aliphatic carbocycles. The van der Waals surface area contributed by atoms with Crippen LogP contribution in [0.4, 0.5) is 5.00 Å². The van der Waals surface area contributed by atoms with E-state index in [0.717, 1.165) is 36.2 Å². The number of thiophene rings is 1. The zero-order chi connectivity index (χ0) is 27.5. The number of aryl methyl sites for hydroxylation is 1. The highest BCUT2D eigenvalue weighted by molar-refractivity contribution is 7.98. The Bertz CT molecular complexity index is 1580. The average Bonchev–Trinajstić information content (AvgIpc) is 3.59. The fraction of sp³-hybridized carbons (Fsp3) is 0.304. The number of carbonyl (C=O) groups is 2. The van der Waals surface area contributed by atoms with Gasteiger partial charge in [-0.3, -0.25) is 20.1 Å². The van der Waals surface area contributed by atoms with Gasteiger partial charge in [0.2, 0.25) is 15.8 Å². The molecule has 0 bridgehead atoms. The number of nitrogens with two attached hydrogens (primary N) is 1. The third-order valence-electron chi connectivity index (χ3n) is 6.12. The molecule has 4 aromatic rings. The van der Waals surface area contributed by atoms with Crippen LogP contribution in [0.2, 0.25) is 5.02 Å². The van der Waals surface area contributed by atoms with E-state index in [-0.39, 0.29) is 22.5 Å². The van der Waals surface area contributed by atoms with Crippen LogP contribution in [-0.4, -0.2) is 47.4 Å².